The number of rotatable bonds is 7. The molecule has 0 spiro atoms. The van der Waals surface area contributed by atoms with Crippen LogP contribution >= 0.6 is 0 Å². The summed E-state index contributed by atoms with van der Waals surface area (Å²) in [7, 11) is 1.82. The fourth-order valence-corrected chi connectivity index (χ4v) is 3.61. The molecule has 0 fully saturated rings. The van der Waals surface area contributed by atoms with Crippen LogP contribution in [-0.2, 0) is 30.5 Å². The Morgan fingerprint density at radius 3 is 2.68 bits per heavy atom. The smallest absolute Gasteiger partial charge is 0.350 e. The first-order valence-corrected chi connectivity index (χ1v) is 10.8. The molecule has 180 valence electrons. The summed E-state index contributed by atoms with van der Waals surface area (Å²) < 4.78 is 39.6. The first-order valence-electron chi connectivity index (χ1n) is 10.8. The lowest BCUT2D eigenvalue weighted by Crippen LogP contribution is -2.44. The number of carbonyl (C=O) groups is 1. The molecule has 3 aromatic rings. The molecule has 0 aliphatic carbocycles. The maximum absolute atomic E-state index is 12.6. The van der Waals surface area contributed by atoms with E-state index in [9.17, 15) is 18.0 Å². The summed E-state index contributed by atoms with van der Waals surface area (Å²) >= 11 is 0. The summed E-state index contributed by atoms with van der Waals surface area (Å²) in [6, 6.07) is 2.13. The molecule has 0 unspecified atom stereocenters. The Hall–Kier alpha value is -3.70. The third-order valence-electron chi connectivity index (χ3n) is 5.72. The van der Waals surface area contributed by atoms with Gasteiger partial charge in [-0.25, -0.2) is 4.98 Å². The predicted molar refractivity (Wildman–Crippen MR) is 120 cm³/mol. The Morgan fingerprint density at radius 1 is 1.18 bits per heavy atom. The van der Waals surface area contributed by atoms with Gasteiger partial charge in [0.2, 0.25) is 11.9 Å². The highest BCUT2D eigenvalue weighted by molar-refractivity contribution is 6.03. The molecule has 1 atom stereocenters. The third-order valence-corrected chi connectivity index (χ3v) is 5.72. The number of aromatic nitrogens is 5. The summed E-state index contributed by atoms with van der Waals surface area (Å²) in [4.78, 5) is 26.3. The number of hydrogen-bond acceptors (Lipinski definition) is 7. The van der Waals surface area contributed by atoms with E-state index in [2.05, 4.69) is 30.7 Å². The number of nitrogens with one attached hydrogen (secondary N) is 2. The monoisotopic (exact) mass is 474 g/mol. The number of carbonyl (C=O) groups excluding carboxylic acids is 1. The van der Waals surface area contributed by atoms with Gasteiger partial charge < -0.3 is 15.5 Å². The minimum Gasteiger partial charge on any atom is -0.350 e. The number of anilines is 3. The van der Waals surface area contributed by atoms with Crippen molar-refractivity contribution >= 4 is 23.4 Å². The zero-order valence-corrected chi connectivity index (χ0v) is 19.0. The maximum atomic E-state index is 12.6. The average Bonchev–Trinajstić information content (AvgIpc) is 3.24. The Morgan fingerprint density at radius 2 is 1.97 bits per heavy atom. The molecule has 4 rings (SSSR count). The van der Waals surface area contributed by atoms with Crippen molar-refractivity contribution in [1.29, 1.82) is 0 Å². The molecule has 4 heterocycles. The number of halogens is 3. The quantitative estimate of drug-likeness (QED) is 0.541. The van der Waals surface area contributed by atoms with Crippen molar-refractivity contribution in [3.05, 3.63) is 53.2 Å². The van der Waals surface area contributed by atoms with E-state index in [4.69, 9.17) is 0 Å². The number of fused-ring (bicyclic) bond motifs is 1. The Kier molecular flexibility index (Phi) is 6.40. The van der Waals surface area contributed by atoms with Crippen LogP contribution in [0.25, 0.3) is 0 Å². The molecule has 0 radical (unpaired) electrons. The van der Waals surface area contributed by atoms with Gasteiger partial charge in [0.15, 0.2) is 5.82 Å². The third kappa shape index (κ3) is 5.10. The number of nitrogens with zero attached hydrogens (tertiary/aromatic N) is 6. The van der Waals surface area contributed by atoms with Gasteiger partial charge in [0, 0.05) is 38.1 Å². The van der Waals surface area contributed by atoms with Crippen molar-refractivity contribution < 1.29 is 18.0 Å². The SMILES string of the molecule is Cc1nc(NCc2cnn(CCCc3ccc(C(F)(F)F)nc3)c2)nc2c1NC(=O)[C@H](C)N2C. The number of aryl methyl sites for hydroxylation is 3. The van der Waals surface area contributed by atoms with Crippen molar-refractivity contribution in [2.75, 3.05) is 22.6 Å². The van der Waals surface area contributed by atoms with Gasteiger partial charge in [0.05, 0.1) is 11.9 Å². The lowest BCUT2D eigenvalue weighted by molar-refractivity contribution is -0.141. The van der Waals surface area contributed by atoms with Crippen molar-refractivity contribution in [2.45, 2.75) is 52.0 Å². The second-order valence-electron chi connectivity index (χ2n) is 8.23. The van der Waals surface area contributed by atoms with E-state index in [1.807, 2.05) is 32.0 Å². The predicted octanol–water partition coefficient (Wildman–Crippen LogP) is 3.42. The number of likely N-dealkylation sites (N-methyl/N-ethyl adjacent to an activating group) is 1. The summed E-state index contributed by atoms with van der Waals surface area (Å²) in [6.45, 7) is 4.72. The number of amides is 1. The topological polar surface area (TPSA) is 101 Å². The van der Waals surface area contributed by atoms with Crippen molar-refractivity contribution in [2.24, 2.45) is 0 Å². The molecule has 1 amide bonds. The van der Waals surface area contributed by atoms with Gasteiger partial charge in [-0.3, -0.25) is 14.5 Å². The van der Waals surface area contributed by atoms with Crippen LogP contribution in [0.15, 0.2) is 30.7 Å². The number of alkyl halides is 3. The Labute approximate surface area is 194 Å². The van der Waals surface area contributed by atoms with Crippen LogP contribution in [0.1, 0.15) is 35.9 Å². The number of pyridine rings is 1. The maximum Gasteiger partial charge on any atom is 0.433 e. The number of hydrogen-bond donors (Lipinski definition) is 2. The molecule has 12 heteroatoms. The van der Waals surface area contributed by atoms with Gasteiger partial charge in [0.1, 0.15) is 17.4 Å². The second kappa shape index (κ2) is 9.27. The highest BCUT2D eigenvalue weighted by atomic mass is 19.4. The van der Waals surface area contributed by atoms with Gasteiger partial charge in [0.25, 0.3) is 0 Å². The highest BCUT2D eigenvalue weighted by Crippen LogP contribution is 2.32. The van der Waals surface area contributed by atoms with Crippen LogP contribution in [0.4, 0.5) is 30.6 Å². The molecule has 0 aromatic carbocycles. The van der Waals surface area contributed by atoms with Gasteiger partial charge in [-0.1, -0.05) is 6.07 Å². The zero-order valence-electron chi connectivity index (χ0n) is 19.0. The van der Waals surface area contributed by atoms with Crippen LogP contribution < -0.4 is 15.5 Å². The van der Waals surface area contributed by atoms with E-state index in [1.165, 1.54) is 12.3 Å². The molecule has 9 nitrogen and oxygen atoms in total. The molecule has 1 aliphatic rings. The normalized spacial score (nSPS) is 15.8. The average molecular weight is 474 g/mol. The molecular formula is C22H25F3N8O. The summed E-state index contributed by atoms with van der Waals surface area (Å²) in [5.41, 5.74) is 2.09. The second-order valence-corrected chi connectivity index (χ2v) is 8.23. The Balaban J connectivity index is 1.31. The lowest BCUT2D eigenvalue weighted by atomic mass is 10.1. The van der Waals surface area contributed by atoms with Crippen LogP contribution in [0.3, 0.4) is 0 Å². The Bertz CT molecular complexity index is 1180. The van der Waals surface area contributed by atoms with E-state index >= 15 is 0 Å². The van der Waals surface area contributed by atoms with Crippen LogP contribution in [-0.4, -0.2) is 43.7 Å². The standard InChI is InChI=1S/C22H25F3N8O/c1-13-18-19(32(3)14(2)20(34)30-18)31-21(29-13)27-10-16-11-28-33(12-16)8-4-5-15-6-7-17(26-9-15)22(23,24)25/h6-7,9,11-12,14H,4-5,8,10H2,1-3H3,(H,30,34)(H,27,29,31)/t14-/m0/s1. The van der Waals surface area contributed by atoms with E-state index in [1.54, 1.807) is 10.9 Å². The minimum absolute atomic E-state index is 0.0931. The first kappa shape index (κ1) is 23.5. The van der Waals surface area contributed by atoms with E-state index in [-0.39, 0.29) is 11.9 Å². The molecule has 3 aromatic heterocycles. The van der Waals surface area contributed by atoms with Crippen molar-refractivity contribution in [3.8, 4) is 0 Å². The zero-order chi connectivity index (χ0) is 24.5. The molecule has 0 saturated carbocycles. The first-order chi connectivity index (χ1) is 16.1. The van der Waals surface area contributed by atoms with E-state index in [0.717, 1.165) is 17.2 Å². The van der Waals surface area contributed by atoms with Gasteiger partial charge in [-0.05, 0) is 38.3 Å². The van der Waals surface area contributed by atoms with E-state index in [0.29, 0.717) is 49.1 Å². The minimum atomic E-state index is -4.43. The van der Waals surface area contributed by atoms with Crippen molar-refractivity contribution in [1.82, 2.24) is 24.7 Å². The fourth-order valence-electron chi connectivity index (χ4n) is 3.61. The van der Waals surface area contributed by atoms with Crippen LogP contribution in [0.5, 0.6) is 0 Å². The summed E-state index contributed by atoms with van der Waals surface area (Å²) in [5, 5.41) is 10.4. The summed E-state index contributed by atoms with van der Waals surface area (Å²) in [6.07, 6.45) is 1.80. The molecular weight excluding hydrogens is 449 g/mol. The highest BCUT2D eigenvalue weighted by Gasteiger charge is 2.32. The fraction of sp³-hybridized carbons (Fsp3) is 0.409. The van der Waals surface area contributed by atoms with Gasteiger partial charge >= 0.3 is 6.18 Å². The molecule has 34 heavy (non-hydrogen) atoms. The lowest BCUT2D eigenvalue weighted by Gasteiger charge is -2.32. The van der Waals surface area contributed by atoms with Crippen LogP contribution in [0, 0.1) is 6.92 Å². The van der Waals surface area contributed by atoms with Gasteiger partial charge in [-0.2, -0.15) is 23.3 Å². The summed E-state index contributed by atoms with van der Waals surface area (Å²) in [5.74, 6) is 1.02. The molecule has 0 bridgehead atoms. The van der Waals surface area contributed by atoms with Crippen LogP contribution in [0.2, 0.25) is 0 Å². The molecule has 1 aliphatic heterocycles. The van der Waals surface area contributed by atoms with Crippen molar-refractivity contribution in [3.63, 3.8) is 0 Å². The van der Waals surface area contributed by atoms with Gasteiger partial charge in [-0.15, -0.1) is 0 Å². The molecule has 2 N–H and O–H groups in total. The largest absolute Gasteiger partial charge is 0.433 e. The molecule has 0 saturated heterocycles. The van der Waals surface area contributed by atoms with E-state index < -0.39 is 11.9 Å².